The van der Waals surface area contributed by atoms with E-state index in [1.54, 1.807) is 12.1 Å². The third-order valence-electron chi connectivity index (χ3n) is 5.24. The minimum atomic E-state index is -0.0302. The van der Waals surface area contributed by atoms with Crippen LogP contribution >= 0.6 is 0 Å². The Morgan fingerprint density at radius 3 is 2.30 bits per heavy atom. The standard InChI is InChI=1S/C18H26FN/c1-16(2,3)20-13-18(11-17(12-18)9-6-10-17)14-7-4-5-8-15(14)19/h4-5,7-8,20H,6,9-13H2,1-3H3. The fourth-order valence-electron chi connectivity index (χ4n) is 4.15. The second-order valence-electron chi connectivity index (χ2n) is 8.07. The number of hydrogen-bond donors (Lipinski definition) is 1. The lowest BCUT2D eigenvalue weighted by Crippen LogP contribution is -2.59. The lowest BCUT2D eigenvalue weighted by Gasteiger charge is -2.62. The molecule has 2 heteroatoms. The maximum atomic E-state index is 14.3. The summed E-state index contributed by atoms with van der Waals surface area (Å²) < 4.78 is 14.3. The molecule has 1 aromatic carbocycles. The first-order chi connectivity index (χ1) is 9.34. The number of nitrogens with one attached hydrogen (secondary N) is 1. The minimum absolute atomic E-state index is 0.0129. The molecule has 2 aliphatic rings. The molecule has 0 saturated heterocycles. The summed E-state index contributed by atoms with van der Waals surface area (Å²) in [6.07, 6.45) is 6.37. The fraction of sp³-hybridized carbons (Fsp3) is 0.667. The number of halogens is 1. The smallest absolute Gasteiger partial charge is 0.127 e. The van der Waals surface area contributed by atoms with Gasteiger partial charge in [-0.1, -0.05) is 24.6 Å². The van der Waals surface area contributed by atoms with Crippen LogP contribution in [0.15, 0.2) is 24.3 Å². The van der Waals surface area contributed by atoms with Gasteiger partial charge in [-0.2, -0.15) is 0 Å². The summed E-state index contributed by atoms with van der Waals surface area (Å²) >= 11 is 0. The Balaban J connectivity index is 1.83. The second kappa shape index (κ2) is 4.56. The summed E-state index contributed by atoms with van der Waals surface area (Å²) in [5.41, 5.74) is 1.57. The Morgan fingerprint density at radius 2 is 1.80 bits per heavy atom. The van der Waals surface area contributed by atoms with E-state index in [-0.39, 0.29) is 16.8 Å². The highest BCUT2D eigenvalue weighted by Gasteiger charge is 2.58. The van der Waals surface area contributed by atoms with Gasteiger partial charge in [0.1, 0.15) is 5.82 Å². The molecule has 0 heterocycles. The molecule has 110 valence electrons. The highest BCUT2D eigenvalue weighted by atomic mass is 19.1. The molecule has 0 radical (unpaired) electrons. The summed E-state index contributed by atoms with van der Waals surface area (Å²) in [5.74, 6) is -0.0302. The molecule has 2 fully saturated rings. The van der Waals surface area contributed by atoms with Gasteiger partial charge in [-0.15, -0.1) is 0 Å². The lowest BCUT2D eigenvalue weighted by molar-refractivity contribution is -0.0517. The van der Waals surface area contributed by atoms with Crippen LogP contribution in [0.3, 0.4) is 0 Å². The summed E-state index contributed by atoms with van der Waals surface area (Å²) in [6.45, 7) is 7.43. The summed E-state index contributed by atoms with van der Waals surface area (Å²) in [7, 11) is 0. The van der Waals surface area contributed by atoms with Crippen LogP contribution < -0.4 is 5.32 Å². The van der Waals surface area contributed by atoms with Crippen molar-refractivity contribution in [1.29, 1.82) is 0 Å². The molecule has 0 bridgehead atoms. The van der Waals surface area contributed by atoms with E-state index in [2.05, 4.69) is 26.1 Å². The van der Waals surface area contributed by atoms with E-state index in [0.717, 1.165) is 24.9 Å². The van der Waals surface area contributed by atoms with Crippen molar-refractivity contribution in [2.45, 2.75) is 63.8 Å². The molecule has 1 nitrogen and oxygen atoms in total. The number of benzene rings is 1. The molecular formula is C18H26FN. The quantitative estimate of drug-likeness (QED) is 0.861. The van der Waals surface area contributed by atoms with E-state index >= 15 is 0 Å². The Labute approximate surface area is 122 Å². The average Bonchev–Trinajstić information content (AvgIpc) is 2.26. The van der Waals surface area contributed by atoms with E-state index in [1.807, 2.05) is 12.1 Å². The van der Waals surface area contributed by atoms with Gasteiger partial charge in [0.25, 0.3) is 0 Å². The zero-order valence-electron chi connectivity index (χ0n) is 12.9. The van der Waals surface area contributed by atoms with Crippen LogP contribution in [0.2, 0.25) is 0 Å². The Morgan fingerprint density at radius 1 is 1.15 bits per heavy atom. The van der Waals surface area contributed by atoms with Crippen molar-refractivity contribution >= 4 is 0 Å². The van der Waals surface area contributed by atoms with Gasteiger partial charge in [0, 0.05) is 17.5 Å². The molecule has 3 rings (SSSR count). The van der Waals surface area contributed by atoms with Crippen LogP contribution in [0.25, 0.3) is 0 Å². The lowest BCUT2D eigenvalue weighted by atomic mass is 9.43. The Kier molecular flexibility index (Phi) is 3.20. The molecule has 20 heavy (non-hydrogen) atoms. The van der Waals surface area contributed by atoms with Crippen molar-refractivity contribution in [2.24, 2.45) is 5.41 Å². The summed E-state index contributed by atoms with van der Waals surface area (Å²) in [4.78, 5) is 0. The van der Waals surface area contributed by atoms with E-state index in [0.29, 0.717) is 5.41 Å². The zero-order valence-corrected chi connectivity index (χ0v) is 12.9. The number of hydrogen-bond acceptors (Lipinski definition) is 1. The van der Waals surface area contributed by atoms with E-state index in [4.69, 9.17) is 0 Å². The molecule has 1 aromatic rings. The normalized spacial score (nSPS) is 23.2. The number of rotatable bonds is 3. The molecule has 2 saturated carbocycles. The van der Waals surface area contributed by atoms with E-state index in [9.17, 15) is 4.39 Å². The first kappa shape index (κ1) is 14.1. The first-order valence-corrected chi connectivity index (χ1v) is 7.84. The van der Waals surface area contributed by atoms with Gasteiger partial charge >= 0.3 is 0 Å². The monoisotopic (exact) mass is 275 g/mol. The first-order valence-electron chi connectivity index (χ1n) is 7.84. The average molecular weight is 275 g/mol. The fourth-order valence-corrected chi connectivity index (χ4v) is 4.15. The third-order valence-corrected chi connectivity index (χ3v) is 5.24. The maximum Gasteiger partial charge on any atom is 0.127 e. The van der Waals surface area contributed by atoms with Crippen LogP contribution in [0.4, 0.5) is 4.39 Å². The topological polar surface area (TPSA) is 12.0 Å². The van der Waals surface area contributed by atoms with Crippen LogP contribution in [0, 0.1) is 11.2 Å². The van der Waals surface area contributed by atoms with Crippen molar-refractivity contribution < 1.29 is 4.39 Å². The molecule has 0 aliphatic heterocycles. The van der Waals surface area contributed by atoms with Gasteiger partial charge in [0.05, 0.1) is 0 Å². The van der Waals surface area contributed by atoms with Crippen molar-refractivity contribution in [3.63, 3.8) is 0 Å². The predicted molar refractivity (Wildman–Crippen MR) is 81.4 cm³/mol. The Hall–Kier alpha value is -0.890. The van der Waals surface area contributed by atoms with Crippen molar-refractivity contribution in [3.8, 4) is 0 Å². The minimum Gasteiger partial charge on any atom is -0.311 e. The van der Waals surface area contributed by atoms with Gasteiger partial charge < -0.3 is 5.32 Å². The van der Waals surface area contributed by atoms with Gasteiger partial charge in [-0.3, -0.25) is 0 Å². The van der Waals surface area contributed by atoms with Crippen molar-refractivity contribution in [2.75, 3.05) is 6.54 Å². The predicted octanol–water partition coefficient (Wildman–Crippen LogP) is 4.42. The van der Waals surface area contributed by atoms with E-state index < -0.39 is 0 Å². The molecule has 0 atom stereocenters. The third kappa shape index (κ3) is 2.39. The van der Waals surface area contributed by atoms with Crippen molar-refractivity contribution in [3.05, 3.63) is 35.6 Å². The maximum absolute atomic E-state index is 14.3. The second-order valence-corrected chi connectivity index (χ2v) is 8.07. The van der Waals surface area contributed by atoms with Gasteiger partial charge in [-0.05, 0) is 63.5 Å². The van der Waals surface area contributed by atoms with Gasteiger partial charge in [-0.25, -0.2) is 4.39 Å². The highest BCUT2D eigenvalue weighted by molar-refractivity contribution is 5.33. The molecule has 1 spiro atoms. The van der Waals surface area contributed by atoms with Crippen LogP contribution in [-0.4, -0.2) is 12.1 Å². The summed E-state index contributed by atoms with van der Waals surface area (Å²) in [5, 5.41) is 3.61. The molecule has 2 aliphatic carbocycles. The Bertz CT molecular complexity index is 488. The SMILES string of the molecule is CC(C)(C)NCC1(c2ccccc2F)CC2(CCC2)C1. The van der Waals surface area contributed by atoms with Crippen molar-refractivity contribution in [1.82, 2.24) is 5.32 Å². The molecule has 1 N–H and O–H groups in total. The molecule has 0 unspecified atom stereocenters. The van der Waals surface area contributed by atoms with Gasteiger partial charge in [0.15, 0.2) is 0 Å². The molecular weight excluding hydrogens is 249 g/mol. The molecule has 0 amide bonds. The van der Waals surface area contributed by atoms with Crippen LogP contribution in [-0.2, 0) is 5.41 Å². The zero-order chi connectivity index (χ0) is 14.4. The summed E-state index contributed by atoms with van der Waals surface area (Å²) in [6, 6.07) is 7.37. The van der Waals surface area contributed by atoms with E-state index in [1.165, 1.54) is 19.3 Å². The highest BCUT2D eigenvalue weighted by Crippen LogP contribution is 2.65. The molecule has 0 aromatic heterocycles. The van der Waals surface area contributed by atoms with Gasteiger partial charge in [0.2, 0.25) is 0 Å². The van der Waals surface area contributed by atoms with Crippen LogP contribution in [0.5, 0.6) is 0 Å². The van der Waals surface area contributed by atoms with Crippen LogP contribution in [0.1, 0.15) is 58.4 Å². The largest absolute Gasteiger partial charge is 0.311 e.